The van der Waals surface area contributed by atoms with E-state index in [0.717, 1.165) is 0 Å². The first-order chi connectivity index (χ1) is 5.70. The Balaban J connectivity index is 2.52. The lowest BCUT2D eigenvalue weighted by Crippen LogP contribution is -2.23. The number of fused-ring (bicyclic) bond motifs is 1. The molecular weight excluding hydrogens is 162 g/mol. The van der Waals surface area contributed by atoms with Gasteiger partial charge in [-0.2, -0.15) is 8.78 Å². The van der Waals surface area contributed by atoms with E-state index in [1.54, 1.807) is 0 Å². The molecule has 64 valence electrons. The highest BCUT2D eigenvalue weighted by Gasteiger charge is 2.38. The highest BCUT2D eigenvalue weighted by molar-refractivity contribution is 5.19. The van der Waals surface area contributed by atoms with Crippen molar-refractivity contribution in [2.75, 3.05) is 0 Å². The predicted molar refractivity (Wildman–Crippen MR) is 38.9 cm³/mol. The fraction of sp³-hybridized carbons (Fsp3) is 0.500. The van der Waals surface area contributed by atoms with Crippen LogP contribution >= 0.6 is 0 Å². The van der Waals surface area contributed by atoms with Crippen molar-refractivity contribution in [1.29, 1.82) is 0 Å². The summed E-state index contributed by atoms with van der Waals surface area (Å²) in [6.07, 6.45) is 3.80. The first-order valence-electron chi connectivity index (χ1n) is 3.88. The van der Waals surface area contributed by atoms with E-state index >= 15 is 0 Å². The normalized spacial score (nSPS) is 20.2. The van der Waals surface area contributed by atoms with Gasteiger partial charge in [0.2, 0.25) is 0 Å². The van der Waals surface area contributed by atoms with E-state index in [1.807, 2.05) is 0 Å². The van der Waals surface area contributed by atoms with Crippen LogP contribution in [0.5, 0.6) is 0 Å². The second-order valence-corrected chi connectivity index (χ2v) is 2.91. The smallest absolute Gasteiger partial charge is 0.258 e. The Hall–Kier alpha value is -1.06. The zero-order chi connectivity index (χ0) is 8.60. The number of rotatable bonds is 0. The number of hydrogen-bond acceptors (Lipinski definition) is 2. The molecule has 2 nitrogen and oxygen atoms in total. The summed E-state index contributed by atoms with van der Waals surface area (Å²) in [7, 11) is 0. The van der Waals surface area contributed by atoms with Crippen LogP contribution in [0.2, 0.25) is 0 Å². The molecule has 0 radical (unpaired) electrons. The van der Waals surface area contributed by atoms with Crippen LogP contribution in [0, 0.1) is 0 Å². The van der Waals surface area contributed by atoms with Crippen molar-refractivity contribution >= 4 is 0 Å². The van der Waals surface area contributed by atoms with Gasteiger partial charge in [0.05, 0.1) is 5.69 Å². The van der Waals surface area contributed by atoms with E-state index in [0.29, 0.717) is 18.5 Å². The molecule has 4 heteroatoms. The molecule has 12 heavy (non-hydrogen) atoms. The lowest BCUT2D eigenvalue weighted by Gasteiger charge is -2.22. The van der Waals surface area contributed by atoms with Crippen molar-refractivity contribution in [3.63, 3.8) is 0 Å². The largest absolute Gasteiger partial charge is 0.291 e. The highest BCUT2D eigenvalue weighted by atomic mass is 19.3. The fourth-order valence-electron chi connectivity index (χ4n) is 1.45. The van der Waals surface area contributed by atoms with Crippen LogP contribution in [-0.4, -0.2) is 9.97 Å². The molecule has 1 aromatic rings. The van der Waals surface area contributed by atoms with Gasteiger partial charge >= 0.3 is 0 Å². The Morgan fingerprint density at radius 2 is 2.00 bits per heavy atom. The quantitative estimate of drug-likeness (QED) is 0.594. The monoisotopic (exact) mass is 170 g/mol. The Bertz CT molecular complexity index is 299. The van der Waals surface area contributed by atoms with Crippen LogP contribution in [0.1, 0.15) is 24.2 Å². The molecule has 0 spiro atoms. The number of nitrogens with zero attached hydrogens (tertiary/aromatic N) is 2. The van der Waals surface area contributed by atoms with Gasteiger partial charge in [0.1, 0.15) is 5.69 Å². The number of aromatic nitrogens is 2. The summed E-state index contributed by atoms with van der Waals surface area (Å²) >= 11 is 0. The van der Waals surface area contributed by atoms with Gasteiger partial charge in [-0.25, -0.2) is 0 Å². The summed E-state index contributed by atoms with van der Waals surface area (Å²) in [5, 5.41) is 0. The van der Waals surface area contributed by atoms with Crippen LogP contribution in [0.3, 0.4) is 0 Å². The van der Waals surface area contributed by atoms with Crippen LogP contribution in [-0.2, 0) is 12.3 Å². The molecule has 1 aromatic heterocycles. The first kappa shape index (κ1) is 7.58. The molecule has 0 unspecified atom stereocenters. The lowest BCUT2D eigenvalue weighted by atomic mass is 9.97. The van der Waals surface area contributed by atoms with E-state index in [4.69, 9.17) is 0 Å². The van der Waals surface area contributed by atoms with Crippen LogP contribution in [0.4, 0.5) is 8.78 Å². The SMILES string of the molecule is FC1(F)CCCc2nccnc21. The topological polar surface area (TPSA) is 25.8 Å². The summed E-state index contributed by atoms with van der Waals surface area (Å²) in [4.78, 5) is 7.53. The lowest BCUT2D eigenvalue weighted by molar-refractivity contribution is -0.0270. The molecule has 1 heterocycles. The van der Waals surface area contributed by atoms with Gasteiger partial charge in [-0.1, -0.05) is 0 Å². The van der Waals surface area contributed by atoms with Crippen LogP contribution < -0.4 is 0 Å². The Morgan fingerprint density at radius 3 is 2.75 bits per heavy atom. The van der Waals surface area contributed by atoms with E-state index in [2.05, 4.69) is 9.97 Å². The van der Waals surface area contributed by atoms with E-state index in [-0.39, 0.29) is 12.1 Å². The van der Waals surface area contributed by atoms with Gasteiger partial charge in [-0.3, -0.25) is 9.97 Å². The molecule has 1 aliphatic rings. The number of aryl methyl sites for hydroxylation is 1. The molecule has 0 N–H and O–H groups in total. The van der Waals surface area contributed by atoms with Gasteiger partial charge < -0.3 is 0 Å². The minimum absolute atomic E-state index is 0.0985. The van der Waals surface area contributed by atoms with Gasteiger partial charge in [-0.05, 0) is 12.8 Å². The van der Waals surface area contributed by atoms with Crippen molar-refractivity contribution in [3.05, 3.63) is 23.8 Å². The molecule has 0 aromatic carbocycles. The van der Waals surface area contributed by atoms with Crippen molar-refractivity contribution < 1.29 is 8.78 Å². The molecule has 0 bridgehead atoms. The zero-order valence-corrected chi connectivity index (χ0v) is 6.43. The minimum Gasteiger partial charge on any atom is -0.258 e. The van der Waals surface area contributed by atoms with Crippen molar-refractivity contribution in [1.82, 2.24) is 9.97 Å². The predicted octanol–water partition coefficient (Wildman–Crippen LogP) is 1.90. The Labute approximate surface area is 68.7 Å². The molecule has 0 atom stereocenters. The molecule has 0 saturated heterocycles. The van der Waals surface area contributed by atoms with Gasteiger partial charge in [0.15, 0.2) is 0 Å². The minimum atomic E-state index is -2.76. The summed E-state index contributed by atoms with van der Waals surface area (Å²) in [5.74, 6) is -2.76. The average Bonchev–Trinajstić information content (AvgIpc) is 2.04. The van der Waals surface area contributed by atoms with E-state index in [9.17, 15) is 8.78 Å². The zero-order valence-electron chi connectivity index (χ0n) is 6.43. The fourth-order valence-corrected chi connectivity index (χ4v) is 1.45. The van der Waals surface area contributed by atoms with Crippen molar-refractivity contribution in [2.45, 2.75) is 25.2 Å². The maximum atomic E-state index is 13.1. The third-order valence-corrected chi connectivity index (χ3v) is 2.02. The number of alkyl halides is 2. The Kier molecular flexibility index (Phi) is 1.56. The summed E-state index contributed by atoms with van der Waals surface area (Å²) in [5.41, 5.74) is 0.324. The molecule has 2 rings (SSSR count). The molecule has 1 aliphatic carbocycles. The summed E-state index contributed by atoms with van der Waals surface area (Å²) in [6.45, 7) is 0. The first-order valence-corrected chi connectivity index (χ1v) is 3.88. The van der Waals surface area contributed by atoms with Gasteiger partial charge in [0, 0.05) is 18.8 Å². The Morgan fingerprint density at radius 1 is 1.25 bits per heavy atom. The summed E-state index contributed by atoms with van der Waals surface area (Å²) in [6, 6.07) is 0. The standard InChI is InChI=1S/C8H8F2N2/c9-8(10)3-1-2-6-7(8)12-5-4-11-6/h4-5H,1-3H2. The van der Waals surface area contributed by atoms with E-state index in [1.165, 1.54) is 12.4 Å². The average molecular weight is 170 g/mol. The number of hydrogen-bond donors (Lipinski definition) is 0. The van der Waals surface area contributed by atoms with Gasteiger partial charge in [0.25, 0.3) is 5.92 Å². The molecule has 0 amide bonds. The molecule has 0 fully saturated rings. The third kappa shape index (κ3) is 1.07. The summed E-state index contributed by atoms with van der Waals surface area (Å²) < 4.78 is 26.2. The van der Waals surface area contributed by atoms with Crippen molar-refractivity contribution in [2.24, 2.45) is 0 Å². The molecular formula is C8H8F2N2. The second-order valence-electron chi connectivity index (χ2n) is 2.91. The highest BCUT2D eigenvalue weighted by Crippen LogP contribution is 2.37. The van der Waals surface area contributed by atoms with Crippen LogP contribution in [0.25, 0.3) is 0 Å². The molecule has 0 saturated carbocycles. The molecule has 0 aliphatic heterocycles. The van der Waals surface area contributed by atoms with E-state index < -0.39 is 5.92 Å². The van der Waals surface area contributed by atoms with Crippen LogP contribution in [0.15, 0.2) is 12.4 Å². The van der Waals surface area contributed by atoms with Gasteiger partial charge in [-0.15, -0.1) is 0 Å². The number of halogens is 2. The third-order valence-electron chi connectivity index (χ3n) is 2.02. The maximum Gasteiger partial charge on any atom is 0.291 e. The second kappa shape index (κ2) is 2.47. The van der Waals surface area contributed by atoms with Crippen molar-refractivity contribution in [3.8, 4) is 0 Å². The maximum absolute atomic E-state index is 13.1.